The Morgan fingerprint density at radius 3 is 2.15 bits per heavy atom. The fourth-order valence-electron chi connectivity index (χ4n) is 2.09. The van der Waals surface area contributed by atoms with Crippen LogP contribution in [0, 0.1) is 11.8 Å². The number of nitrogens with two attached hydrogens (primary N) is 1. The van der Waals surface area contributed by atoms with Gasteiger partial charge in [-0.25, -0.2) is 13.6 Å². The monoisotopic (exact) mass is 298 g/mol. The Hall–Kier alpha value is -1.40. The second kappa shape index (κ2) is 6.85. The first-order valence-corrected chi connectivity index (χ1v) is 8.28. The molecule has 0 saturated heterocycles. The second-order valence-corrected chi connectivity index (χ2v) is 6.52. The molecule has 0 bridgehead atoms. The Balaban J connectivity index is 2.81. The first-order chi connectivity index (χ1) is 9.29. The highest BCUT2D eigenvalue weighted by Gasteiger charge is 2.22. The van der Waals surface area contributed by atoms with Crippen LogP contribution in [0.15, 0.2) is 29.2 Å². The van der Waals surface area contributed by atoms with Crippen LogP contribution in [0.4, 0.5) is 5.69 Å². The summed E-state index contributed by atoms with van der Waals surface area (Å²) in [6.45, 7) is 6.10. The maximum atomic E-state index is 12.2. The van der Waals surface area contributed by atoms with Gasteiger partial charge in [0, 0.05) is 11.6 Å². The van der Waals surface area contributed by atoms with E-state index in [0.717, 1.165) is 12.8 Å². The highest BCUT2D eigenvalue weighted by molar-refractivity contribution is 7.89. The molecule has 5 nitrogen and oxygen atoms in total. The largest absolute Gasteiger partial charge is 0.326 e. The molecular formula is C14H22N2O3S. The van der Waals surface area contributed by atoms with Crippen LogP contribution in [0.25, 0.3) is 0 Å². The third kappa shape index (κ3) is 4.31. The van der Waals surface area contributed by atoms with E-state index in [1.54, 1.807) is 12.1 Å². The van der Waals surface area contributed by atoms with Crippen molar-refractivity contribution in [3.8, 4) is 0 Å². The lowest BCUT2D eigenvalue weighted by molar-refractivity contribution is -0.121. The molecule has 112 valence electrons. The molecular weight excluding hydrogens is 276 g/mol. The zero-order chi connectivity index (χ0) is 15.3. The molecule has 0 heterocycles. The molecule has 1 rings (SSSR count). The predicted molar refractivity (Wildman–Crippen MR) is 79.7 cm³/mol. The lowest BCUT2D eigenvalue weighted by atomic mass is 9.89. The average molecular weight is 298 g/mol. The van der Waals surface area contributed by atoms with Crippen molar-refractivity contribution in [3.63, 3.8) is 0 Å². The molecule has 6 heteroatoms. The van der Waals surface area contributed by atoms with Crippen LogP contribution in [-0.4, -0.2) is 14.3 Å². The van der Waals surface area contributed by atoms with Gasteiger partial charge in [0.2, 0.25) is 15.9 Å². The minimum atomic E-state index is -3.70. The number of nitrogens with one attached hydrogen (secondary N) is 1. The molecule has 0 saturated carbocycles. The summed E-state index contributed by atoms with van der Waals surface area (Å²) in [6.07, 6.45) is 1.71. The van der Waals surface area contributed by atoms with Crippen molar-refractivity contribution in [2.75, 3.05) is 5.32 Å². The van der Waals surface area contributed by atoms with Gasteiger partial charge in [-0.05, 0) is 36.6 Å². The smallest absolute Gasteiger partial charge is 0.238 e. The van der Waals surface area contributed by atoms with Gasteiger partial charge in [0.25, 0.3) is 0 Å². The zero-order valence-corrected chi connectivity index (χ0v) is 12.9. The minimum absolute atomic E-state index is 0.0319. The standard InChI is InChI=1S/C14H22N2O3S/c1-4-10(3)13(5-2)14(17)16-11-6-8-12(9-7-11)20(15,18)19/h6-10,13H,4-5H2,1-3H3,(H,16,17)(H2,15,18,19). The molecule has 1 aromatic rings. The number of primary sulfonamides is 1. The van der Waals surface area contributed by atoms with E-state index in [-0.39, 0.29) is 16.7 Å². The summed E-state index contributed by atoms with van der Waals surface area (Å²) in [7, 11) is -3.70. The van der Waals surface area contributed by atoms with Crippen molar-refractivity contribution >= 4 is 21.6 Å². The fraction of sp³-hybridized carbons (Fsp3) is 0.500. The zero-order valence-electron chi connectivity index (χ0n) is 12.1. The van der Waals surface area contributed by atoms with Crippen molar-refractivity contribution in [3.05, 3.63) is 24.3 Å². The fourth-order valence-corrected chi connectivity index (χ4v) is 2.61. The SMILES string of the molecule is CCC(C)C(CC)C(=O)Nc1ccc(S(N)(=O)=O)cc1. The molecule has 0 aromatic heterocycles. The number of sulfonamides is 1. The summed E-state index contributed by atoms with van der Waals surface area (Å²) >= 11 is 0. The summed E-state index contributed by atoms with van der Waals surface area (Å²) in [4.78, 5) is 12.2. The van der Waals surface area contributed by atoms with Gasteiger partial charge >= 0.3 is 0 Å². The second-order valence-electron chi connectivity index (χ2n) is 4.96. The van der Waals surface area contributed by atoms with Gasteiger partial charge in [-0.3, -0.25) is 4.79 Å². The first kappa shape index (κ1) is 16.7. The van der Waals surface area contributed by atoms with Gasteiger partial charge < -0.3 is 5.32 Å². The van der Waals surface area contributed by atoms with Crippen LogP contribution in [0.2, 0.25) is 0 Å². The molecule has 0 aliphatic heterocycles. The Morgan fingerprint density at radius 2 is 1.75 bits per heavy atom. The first-order valence-electron chi connectivity index (χ1n) is 6.73. The molecule has 0 fully saturated rings. The van der Waals surface area contributed by atoms with E-state index in [4.69, 9.17) is 5.14 Å². The van der Waals surface area contributed by atoms with Crippen LogP contribution >= 0.6 is 0 Å². The number of carbonyl (C=O) groups excluding carboxylic acids is 1. The molecule has 20 heavy (non-hydrogen) atoms. The number of amides is 1. The van der Waals surface area contributed by atoms with Gasteiger partial charge in [-0.15, -0.1) is 0 Å². The topological polar surface area (TPSA) is 89.3 Å². The van der Waals surface area contributed by atoms with E-state index < -0.39 is 10.0 Å². The van der Waals surface area contributed by atoms with Gasteiger partial charge in [0.05, 0.1) is 4.90 Å². The van der Waals surface area contributed by atoms with Crippen molar-refractivity contribution in [2.45, 2.75) is 38.5 Å². The van der Waals surface area contributed by atoms with Crippen molar-refractivity contribution < 1.29 is 13.2 Å². The highest BCUT2D eigenvalue weighted by atomic mass is 32.2. The van der Waals surface area contributed by atoms with Crippen LogP contribution < -0.4 is 10.5 Å². The van der Waals surface area contributed by atoms with Gasteiger partial charge in [-0.1, -0.05) is 27.2 Å². The molecule has 0 radical (unpaired) electrons. The number of anilines is 1. The highest BCUT2D eigenvalue weighted by Crippen LogP contribution is 2.21. The van der Waals surface area contributed by atoms with Crippen LogP contribution in [-0.2, 0) is 14.8 Å². The van der Waals surface area contributed by atoms with Gasteiger partial charge in [-0.2, -0.15) is 0 Å². The number of carbonyl (C=O) groups is 1. The van der Waals surface area contributed by atoms with E-state index in [1.807, 2.05) is 6.92 Å². The average Bonchev–Trinajstić information content (AvgIpc) is 2.38. The van der Waals surface area contributed by atoms with Crippen molar-refractivity contribution in [1.29, 1.82) is 0 Å². The molecule has 3 N–H and O–H groups in total. The van der Waals surface area contributed by atoms with E-state index in [9.17, 15) is 13.2 Å². The van der Waals surface area contributed by atoms with E-state index in [0.29, 0.717) is 11.6 Å². The van der Waals surface area contributed by atoms with E-state index in [2.05, 4.69) is 19.2 Å². The van der Waals surface area contributed by atoms with Crippen molar-refractivity contribution in [1.82, 2.24) is 0 Å². The summed E-state index contributed by atoms with van der Waals surface area (Å²) in [5.74, 6) is 0.229. The molecule has 2 unspecified atom stereocenters. The third-order valence-electron chi connectivity index (χ3n) is 3.56. The number of benzene rings is 1. The molecule has 1 aromatic carbocycles. The lowest BCUT2D eigenvalue weighted by Gasteiger charge is -2.20. The summed E-state index contributed by atoms with van der Waals surface area (Å²) < 4.78 is 22.3. The Labute approximate surface area is 120 Å². The lowest BCUT2D eigenvalue weighted by Crippen LogP contribution is -2.27. The number of hydrogen-bond donors (Lipinski definition) is 2. The Morgan fingerprint density at radius 1 is 1.20 bits per heavy atom. The maximum Gasteiger partial charge on any atom is 0.238 e. The summed E-state index contributed by atoms with van der Waals surface area (Å²) in [6, 6.07) is 5.85. The maximum absolute atomic E-state index is 12.2. The molecule has 0 spiro atoms. The summed E-state index contributed by atoms with van der Waals surface area (Å²) in [5.41, 5.74) is 0.573. The molecule has 2 atom stereocenters. The number of hydrogen-bond acceptors (Lipinski definition) is 3. The van der Waals surface area contributed by atoms with Crippen LogP contribution in [0.1, 0.15) is 33.6 Å². The van der Waals surface area contributed by atoms with Crippen LogP contribution in [0.3, 0.4) is 0 Å². The molecule has 1 amide bonds. The summed E-state index contributed by atoms with van der Waals surface area (Å²) in [5, 5.41) is 7.83. The third-order valence-corrected chi connectivity index (χ3v) is 4.49. The molecule has 0 aliphatic rings. The van der Waals surface area contributed by atoms with E-state index in [1.165, 1.54) is 12.1 Å². The Kier molecular flexibility index (Phi) is 5.71. The number of rotatable bonds is 6. The van der Waals surface area contributed by atoms with Crippen LogP contribution in [0.5, 0.6) is 0 Å². The van der Waals surface area contributed by atoms with Crippen molar-refractivity contribution in [2.24, 2.45) is 17.0 Å². The predicted octanol–water partition coefficient (Wildman–Crippen LogP) is 2.34. The van der Waals surface area contributed by atoms with Gasteiger partial charge in [0.1, 0.15) is 0 Å². The Bertz CT molecular complexity index is 552. The normalized spacial score (nSPS) is 14.6. The molecule has 0 aliphatic carbocycles. The quantitative estimate of drug-likeness (QED) is 0.844. The minimum Gasteiger partial charge on any atom is -0.326 e. The van der Waals surface area contributed by atoms with Gasteiger partial charge in [0.15, 0.2) is 0 Å². The van der Waals surface area contributed by atoms with E-state index >= 15 is 0 Å².